The van der Waals surface area contributed by atoms with Gasteiger partial charge in [0, 0.05) is 0 Å². The molecule has 0 atom stereocenters. The zero-order valence-electron chi connectivity index (χ0n) is 60.3. The van der Waals surface area contributed by atoms with Crippen molar-refractivity contribution >= 4 is 11.1 Å². The Kier molecular flexibility index (Phi) is 67.6. The van der Waals surface area contributed by atoms with Crippen LogP contribution in [0.2, 0.25) is 0 Å². The van der Waals surface area contributed by atoms with Crippen molar-refractivity contribution in [3.8, 4) is 46.2 Å². The average Bonchev–Trinajstić information content (AvgIpc) is 0.776. The molecule has 6 aromatic rings. The highest BCUT2D eigenvalue weighted by Crippen LogP contribution is 2.42. The maximum absolute atomic E-state index is 4.05. The molecule has 490 valence electrons. The van der Waals surface area contributed by atoms with Gasteiger partial charge in [-0.3, -0.25) is 0 Å². The summed E-state index contributed by atoms with van der Waals surface area (Å²) in [4.78, 5) is 0. The molecular weight excluding hydrogens is 1080 g/mol. The van der Waals surface area contributed by atoms with Crippen molar-refractivity contribution in [3.63, 3.8) is 0 Å². The minimum atomic E-state index is 0. The molecule has 0 unspecified atom stereocenters. The maximum atomic E-state index is 4.05. The Morgan fingerprint density at radius 1 is 0.422 bits per heavy atom. The number of allylic oxidation sites excluding steroid dienone is 21. The van der Waals surface area contributed by atoms with Crippen molar-refractivity contribution in [2.45, 2.75) is 194 Å². The highest BCUT2D eigenvalue weighted by molar-refractivity contribution is 5.92. The van der Waals surface area contributed by atoms with E-state index in [0.717, 1.165) is 34.3 Å². The molecule has 0 saturated heterocycles. The molecule has 0 heterocycles. The highest BCUT2D eigenvalue weighted by atomic mass is 14.2. The van der Waals surface area contributed by atoms with Crippen LogP contribution < -0.4 is 0 Å². The first kappa shape index (κ1) is 95.4. The van der Waals surface area contributed by atoms with Crippen LogP contribution in [-0.4, -0.2) is 0 Å². The molecule has 0 amide bonds. The fourth-order valence-electron chi connectivity index (χ4n) is 8.40. The smallest absolute Gasteiger partial charge is 0.00704 e. The topological polar surface area (TPSA) is 0 Å². The largest absolute Gasteiger partial charge is 0.124 e. The first-order chi connectivity index (χ1) is 42.8. The fraction of sp³-hybridized carbons (Fsp3) is 0.311. The summed E-state index contributed by atoms with van der Waals surface area (Å²) in [6, 6.07) is 49.4. The second-order valence-corrected chi connectivity index (χ2v) is 18.0. The van der Waals surface area contributed by atoms with Crippen molar-refractivity contribution in [1.29, 1.82) is 0 Å². The molecule has 0 fully saturated rings. The number of hydrogen-bond acceptors (Lipinski definition) is 0. The third-order valence-corrected chi connectivity index (χ3v) is 13.0. The normalized spacial score (nSPS) is 10.7. The summed E-state index contributed by atoms with van der Waals surface area (Å²) in [5, 5.41) is 0. The molecule has 0 aliphatic rings. The Balaban J connectivity index is -0.000000210. The molecule has 6 rings (SSSR count). The van der Waals surface area contributed by atoms with Gasteiger partial charge in [0.1, 0.15) is 0 Å². The summed E-state index contributed by atoms with van der Waals surface area (Å²) in [6.45, 7) is 63.3. The van der Waals surface area contributed by atoms with Gasteiger partial charge in [-0.15, -0.1) is 12.8 Å². The molecule has 0 aromatic heterocycles. The number of rotatable bonds is 15. The van der Waals surface area contributed by atoms with Crippen molar-refractivity contribution in [1.82, 2.24) is 0 Å². The van der Waals surface area contributed by atoms with Gasteiger partial charge in [-0.25, -0.2) is 0 Å². The first-order valence-corrected chi connectivity index (χ1v) is 32.5. The molecule has 6 aromatic carbocycles. The zero-order chi connectivity index (χ0) is 68.4. The van der Waals surface area contributed by atoms with Gasteiger partial charge in [0.25, 0.3) is 0 Å². The lowest BCUT2D eigenvalue weighted by Crippen LogP contribution is -1.98. The summed E-state index contributed by atoms with van der Waals surface area (Å²) < 4.78 is 0. The van der Waals surface area contributed by atoms with Crippen LogP contribution in [0.4, 0.5) is 0 Å². The highest BCUT2D eigenvalue weighted by Gasteiger charge is 2.18. The van der Waals surface area contributed by atoms with Gasteiger partial charge in [-0.05, 0) is 220 Å². The van der Waals surface area contributed by atoms with Crippen LogP contribution in [0.1, 0.15) is 199 Å². The maximum Gasteiger partial charge on any atom is -0.00704 e. The fourth-order valence-corrected chi connectivity index (χ4v) is 8.40. The third kappa shape index (κ3) is 35.1. The predicted molar refractivity (Wildman–Crippen MR) is 426 cm³/mol. The van der Waals surface area contributed by atoms with Gasteiger partial charge in [0.15, 0.2) is 0 Å². The van der Waals surface area contributed by atoms with E-state index < -0.39 is 0 Å². The van der Waals surface area contributed by atoms with Crippen LogP contribution in [0.15, 0.2) is 272 Å². The van der Waals surface area contributed by atoms with E-state index >= 15 is 0 Å². The molecule has 0 N–H and O–H groups in total. The van der Waals surface area contributed by atoms with Gasteiger partial charge in [-0.1, -0.05) is 330 Å². The van der Waals surface area contributed by atoms with Crippen LogP contribution in [0, 0.1) is 47.5 Å². The van der Waals surface area contributed by atoms with Crippen molar-refractivity contribution in [3.05, 3.63) is 311 Å². The lowest BCUT2D eigenvalue weighted by Gasteiger charge is -2.21. The zero-order valence-corrected chi connectivity index (χ0v) is 60.3. The van der Waals surface area contributed by atoms with E-state index in [1.807, 2.05) is 146 Å². The summed E-state index contributed by atoms with van der Waals surface area (Å²) in [6.07, 6.45) is 38.0. The van der Waals surface area contributed by atoms with E-state index in [9.17, 15) is 0 Å². The van der Waals surface area contributed by atoms with Crippen molar-refractivity contribution in [2.75, 3.05) is 0 Å². The van der Waals surface area contributed by atoms with Crippen LogP contribution in [0.25, 0.3) is 44.5 Å². The Hall–Kier alpha value is -8.24. The van der Waals surface area contributed by atoms with Gasteiger partial charge < -0.3 is 0 Å². The Bertz CT molecular complexity index is 3100. The molecule has 0 heteroatoms. The second-order valence-electron chi connectivity index (χ2n) is 18.0. The third-order valence-electron chi connectivity index (χ3n) is 13.0. The SMILES string of the molecule is C.C.C#C.C=C/C(=C\C=C/C)CC.C=CC(=C\C(=C/C)c1cccc(/C(C=C)=C/C(=C\C)C(/C)=C/C)c1)/C(/C=C\C)=C/C.CC.CC.CC.CC.CC.CC.Cc1ccccc1.Cc1ccccc1-c1cc(-c2ccccc2)c(-c2ccccc2C)c(C)c1C. The Morgan fingerprint density at radius 2 is 0.889 bits per heavy atom. The standard InChI is InChI=1S/C30H36.C28H26.C9H14.C7H8.6C2H6.C2H2.2CH4/c1-9-17-24(11-3)26(13-5)21-28(15-7)30-19-16-18-29(22-30)27(14-6)20-25(12-4)23(8)10-2;1-19-12-8-10-16-24(19)26-18-27(23-14-6-5-7-15-23)28(22(4)21(26)3)25-17-11-9-13-20(25)2;1-4-7-8-9(5-2)6-3;1-7-5-3-2-4-6-7;7*1-2;;/h9-22H,5-6H2,1-4,7-8H3;5-18H,1-4H3;4-5,7-8H,2,6H2,1,3H3;2-6H,1H3;6*1-2H3;1-2H;2*1H4/b17-9-,23-10+,24-11+,25-12+,26-21+,27-20+,28-15+;;7-4-,9-8+;;;;;;;;;;. The number of terminal acetylenes is 1. The molecule has 0 bridgehead atoms. The van der Waals surface area contributed by atoms with Crippen LogP contribution in [0.3, 0.4) is 0 Å². The molecule has 0 aliphatic carbocycles. The minimum absolute atomic E-state index is 0. The summed E-state index contributed by atoms with van der Waals surface area (Å²) >= 11 is 0. The van der Waals surface area contributed by atoms with E-state index in [1.165, 1.54) is 83.5 Å². The van der Waals surface area contributed by atoms with Gasteiger partial charge in [-0.2, -0.15) is 0 Å². The lowest BCUT2D eigenvalue weighted by atomic mass is 9.82. The summed E-state index contributed by atoms with van der Waals surface area (Å²) in [7, 11) is 0. The Labute approximate surface area is 559 Å². The molecule has 0 aliphatic heterocycles. The van der Waals surface area contributed by atoms with E-state index in [0.29, 0.717) is 0 Å². The minimum Gasteiger partial charge on any atom is -0.124 e. The second kappa shape index (κ2) is 63.8. The van der Waals surface area contributed by atoms with Gasteiger partial charge in [0.2, 0.25) is 0 Å². The molecule has 0 saturated carbocycles. The van der Waals surface area contributed by atoms with Crippen LogP contribution in [0.5, 0.6) is 0 Å². The van der Waals surface area contributed by atoms with Crippen molar-refractivity contribution in [2.24, 2.45) is 0 Å². The molecular formula is C90H130. The van der Waals surface area contributed by atoms with Crippen LogP contribution >= 0.6 is 0 Å². The van der Waals surface area contributed by atoms with Gasteiger partial charge in [0.05, 0.1) is 0 Å². The number of hydrogen-bond donors (Lipinski definition) is 0. The number of benzene rings is 6. The number of aryl methyl sites for hydroxylation is 3. The van der Waals surface area contributed by atoms with E-state index in [1.54, 1.807) is 0 Å². The first-order valence-electron chi connectivity index (χ1n) is 32.5. The Morgan fingerprint density at radius 3 is 1.28 bits per heavy atom. The van der Waals surface area contributed by atoms with Crippen LogP contribution in [-0.2, 0) is 0 Å². The summed E-state index contributed by atoms with van der Waals surface area (Å²) in [5.74, 6) is 0. The van der Waals surface area contributed by atoms with E-state index in [2.05, 4.69) is 285 Å². The average molecular weight is 1210 g/mol. The van der Waals surface area contributed by atoms with Gasteiger partial charge >= 0.3 is 0 Å². The quantitative estimate of drug-likeness (QED) is 0.0710. The lowest BCUT2D eigenvalue weighted by molar-refractivity contribution is 1.15. The van der Waals surface area contributed by atoms with E-state index in [4.69, 9.17) is 0 Å². The molecule has 0 spiro atoms. The monoisotopic (exact) mass is 1210 g/mol. The molecule has 0 nitrogen and oxygen atoms in total. The molecule has 0 radical (unpaired) electrons. The predicted octanol–water partition coefficient (Wildman–Crippen LogP) is 29.9. The summed E-state index contributed by atoms with van der Waals surface area (Å²) in [5.41, 5.74) is 25.1. The van der Waals surface area contributed by atoms with Crippen molar-refractivity contribution < 1.29 is 0 Å². The molecule has 90 heavy (non-hydrogen) atoms. The van der Waals surface area contributed by atoms with E-state index in [-0.39, 0.29) is 14.9 Å².